The average Bonchev–Trinajstić information content (AvgIpc) is 2.71. The number of nitrogens with one attached hydrogen (secondary N) is 1. The number of aryl methyl sites for hydroxylation is 2. The molecule has 0 atom stereocenters. The Labute approximate surface area is 166 Å². The zero-order valence-corrected chi connectivity index (χ0v) is 16.5. The lowest BCUT2D eigenvalue weighted by atomic mass is 10.1. The van der Waals surface area contributed by atoms with Crippen molar-refractivity contribution in [3.8, 4) is 5.75 Å². The summed E-state index contributed by atoms with van der Waals surface area (Å²) in [4.78, 5) is 12.8. The smallest absolute Gasteiger partial charge is 0.255 e. The molecule has 0 aromatic heterocycles. The van der Waals surface area contributed by atoms with Crippen LogP contribution in [0.15, 0.2) is 66.7 Å². The van der Waals surface area contributed by atoms with Gasteiger partial charge in [-0.2, -0.15) is 0 Å². The quantitative estimate of drug-likeness (QED) is 0.611. The van der Waals surface area contributed by atoms with Gasteiger partial charge in [0.2, 0.25) is 0 Å². The van der Waals surface area contributed by atoms with Crippen LogP contribution in [0.5, 0.6) is 5.75 Å². The largest absolute Gasteiger partial charge is 0.496 e. The first-order valence-corrected chi connectivity index (χ1v) is 9.24. The molecule has 3 rings (SSSR count). The van der Waals surface area contributed by atoms with E-state index < -0.39 is 0 Å². The van der Waals surface area contributed by atoms with E-state index in [0.717, 1.165) is 27.9 Å². The molecular weight excluding hydrogens is 350 g/mol. The predicted octanol–water partition coefficient (Wildman–Crippen LogP) is 5.28. The second kappa shape index (κ2) is 9.20. The number of carbonyl (C=O) groups is 1. The van der Waals surface area contributed by atoms with Crippen molar-refractivity contribution >= 4 is 11.6 Å². The minimum atomic E-state index is -0.149. The molecule has 0 aliphatic heterocycles. The molecule has 3 aromatic rings. The highest BCUT2D eigenvalue weighted by molar-refractivity contribution is 6.05. The van der Waals surface area contributed by atoms with Gasteiger partial charge in [0, 0.05) is 16.8 Å². The molecule has 1 amide bonds. The molecule has 0 spiro atoms. The highest BCUT2D eigenvalue weighted by Gasteiger charge is 2.13. The molecular formula is C24H25NO3. The molecule has 144 valence electrons. The zero-order chi connectivity index (χ0) is 19.9. The van der Waals surface area contributed by atoms with Crippen LogP contribution in [0.3, 0.4) is 0 Å². The Hall–Kier alpha value is -3.11. The molecule has 3 aromatic carbocycles. The van der Waals surface area contributed by atoms with E-state index in [-0.39, 0.29) is 5.91 Å². The van der Waals surface area contributed by atoms with Gasteiger partial charge in [0.15, 0.2) is 0 Å². The minimum Gasteiger partial charge on any atom is -0.496 e. The molecule has 0 saturated carbocycles. The van der Waals surface area contributed by atoms with E-state index in [9.17, 15) is 4.79 Å². The van der Waals surface area contributed by atoms with E-state index in [2.05, 4.69) is 5.32 Å². The van der Waals surface area contributed by atoms with Gasteiger partial charge in [-0.25, -0.2) is 0 Å². The van der Waals surface area contributed by atoms with E-state index >= 15 is 0 Å². The number of methoxy groups -OCH3 is 1. The number of anilines is 1. The van der Waals surface area contributed by atoms with Crippen LogP contribution in [0.25, 0.3) is 0 Å². The van der Waals surface area contributed by atoms with Crippen LogP contribution in [-0.2, 0) is 18.0 Å². The van der Waals surface area contributed by atoms with Crippen molar-refractivity contribution in [3.63, 3.8) is 0 Å². The van der Waals surface area contributed by atoms with Crippen molar-refractivity contribution < 1.29 is 14.3 Å². The van der Waals surface area contributed by atoms with E-state index in [1.54, 1.807) is 19.2 Å². The van der Waals surface area contributed by atoms with Crippen LogP contribution in [0.1, 0.15) is 32.6 Å². The first kappa shape index (κ1) is 19.6. The Bertz CT molecular complexity index is 931. The van der Waals surface area contributed by atoms with Gasteiger partial charge in [-0.05, 0) is 48.7 Å². The van der Waals surface area contributed by atoms with Crippen LogP contribution < -0.4 is 10.1 Å². The molecule has 28 heavy (non-hydrogen) atoms. The fourth-order valence-corrected chi connectivity index (χ4v) is 3.08. The number of ether oxygens (including phenoxy) is 2. The number of amides is 1. The summed E-state index contributed by atoms with van der Waals surface area (Å²) < 4.78 is 11.3. The standard InChI is InChI=1S/C24H25NO3/c1-17-8-7-9-18(2)23(17)25-24(26)20-12-13-22(27-3)21(14-20)16-28-15-19-10-5-4-6-11-19/h4-14H,15-16H2,1-3H3,(H,25,26). The summed E-state index contributed by atoms with van der Waals surface area (Å²) in [5, 5.41) is 3.02. The lowest BCUT2D eigenvalue weighted by Crippen LogP contribution is -2.14. The van der Waals surface area contributed by atoms with E-state index in [1.807, 2.05) is 68.4 Å². The molecule has 0 heterocycles. The number of carbonyl (C=O) groups excluding carboxylic acids is 1. The van der Waals surface area contributed by atoms with Gasteiger partial charge in [0.05, 0.1) is 20.3 Å². The van der Waals surface area contributed by atoms with Gasteiger partial charge in [0.25, 0.3) is 5.91 Å². The Balaban J connectivity index is 1.73. The molecule has 0 bridgehead atoms. The Morgan fingerprint density at radius 1 is 0.893 bits per heavy atom. The molecule has 0 aliphatic rings. The first-order valence-electron chi connectivity index (χ1n) is 9.24. The van der Waals surface area contributed by atoms with Crippen LogP contribution in [0, 0.1) is 13.8 Å². The summed E-state index contributed by atoms with van der Waals surface area (Å²) in [7, 11) is 1.62. The summed E-state index contributed by atoms with van der Waals surface area (Å²) in [5.74, 6) is 0.557. The predicted molar refractivity (Wildman–Crippen MR) is 112 cm³/mol. The Morgan fingerprint density at radius 3 is 2.29 bits per heavy atom. The van der Waals surface area contributed by atoms with Crippen molar-refractivity contribution in [2.45, 2.75) is 27.1 Å². The highest BCUT2D eigenvalue weighted by atomic mass is 16.5. The summed E-state index contributed by atoms with van der Waals surface area (Å²) in [6.45, 7) is 4.84. The molecule has 0 fully saturated rings. The number of rotatable bonds is 7. The first-order chi connectivity index (χ1) is 13.6. The topological polar surface area (TPSA) is 47.6 Å². The molecule has 4 nitrogen and oxygen atoms in total. The van der Waals surface area contributed by atoms with Crippen LogP contribution in [0.2, 0.25) is 0 Å². The Morgan fingerprint density at radius 2 is 1.61 bits per heavy atom. The average molecular weight is 375 g/mol. The van der Waals surface area contributed by atoms with E-state index in [1.165, 1.54) is 0 Å². The summed E-state index contributed by atoms with van der Waals surface area (Å²) >= 11 is 0. The normalized spacial score (nSPS) is 10.5. The van der Waals surface area contributed by atoms with E-state index in [4.69, 9.17) is 9.47 Å². The van der Waals surface area contributed by atoms with Crippen molar-refractivity contribution in [3.05, 3.63) is 94.5 Å². The highest BCUT2D eigenvalue weighted by Crippen LogP contribution is 2.24. The van der Waals surface area contributed by atoms with Crippen molar-refractivity contribution in [2.75, 3.05) is 12.4 Å². The lowest BCUT2D eigenvalue weighted by molar-refractivity contribution is 0.102. The third-order valence-corrected chi connectivity index (χ3v) is 4.63. The molecule has 0 aliphatic carbocycles. The zero-order valence-electron chi connectivity index (χ0n) is 16.5. The minimum absolute atomic E-state index is 0.149. The monoisotopic (exact) mass is 375 g/mol. The fraction of sp³-hybridized carbons (Fsp3) is 0.208. The third kappa shape index (κ3) is 4.78. The van der Waals surface area contributed by atoms with Crippen LogP contribution >= 0.6 is 0 Å². The molecule has 0 saturated heterocycles. The fourth-order valence-electron chi connectivity index (χ4n) is 3.08. The summed E-state index contributed by atoms with van der Waals surface area (Å²) in [6.07, 6.45) is 0. The van der Waals surface area contributed by atoms with Crippen molar-refractivity contribution in [1.82, 2.24) is 0 Å². The van der Waals surface area contributed by atoms with Gasteiger partial charge in [-0.15, -0.1) is 0 Å². The third-order valence-electron chi connectivity index (χ3n) is 4.63. The van der Waals surface area contributed by atoms with Gasteiger partial charge in [-0.1, -0.05) is 48.5 Å². The van der Waals surface area contributed by atoms with Gasteiger partial charge in [-0.3, -0.25) is 4.79 Å². The van der Waals surface area contributed by atoms with E-state index in [0.29, 0.717) is 24.5 Å². The molecule has 1 N–H and O–H groups in total. The molecule has 0 unspecified atom stereocenters. The Kier molecular flexibility index (Phi) is 6.45. The summed E-state index contributed by atoms with van der Waals surface area (Å²) in [6, 6.07) is 21.3. The van der Waals surface area contributed by atoms with Crippen LogP contribution in [0.4, 0.5) is 5.69 Å². The maximum atomic E-state index is 12.8. The maximum absolute atomic E-state index is 12.8. The number of para-hydroxylation sites is 1. The number of hydrogen-bond donors (Lipinski definition) is 1. The number of benzene rings is 3. The van der Waals surface area contributed by atoms with Crippen molar-refractivity contribution in [1.29, 1.82) is 0 Å². The molecule has 0 radical (unpaired) electrons. The number of hydrogen-bond acceptors (Lipinski definition) is 3. The summed E-state index contributed by atoms with van der Waals surface area (Å²) in [5.41, 5.74) is 5.44. The SMILES string of the molecule is COc1ccc(C(=O)Nc2c(C)cccc2C)cc1COCc1ccccc1. The maximum Gasteiger partial charge on any atom is 0.255 e. The van der Waals surface area contributed by atoms with Crippen LogP contribution in [-0.4, -0.2) is 13.0 Å². The van der Waals surface area contributed by atoms with Crippen molar-refractivity contribution in [2.24, 2.45) is 0 Å². The van der Waals surface area contributed by atoms with Gasteiger partial charge < -0.3 is 14.8 Å². The second-order valence-electron chi connectivity index (χ2n) is 6.73. The van der Waals surface area contributed by atoms with Gasteiger partial charge >= 0.3 is 0 Å². The second-order valence-corrected chi connectivity index (χ2v) is 6.73. The van der Waals surface area contributed by atoms with Gasteiger partial charge in [0.1, 0.15) is 5.75 Å². The lowest BCUT2D eigenvalue weighted by Gasteiger charge is -2.14. The molecule has 4 heteroatoms.